The van der Waals surface area contributed by atoms with Crippen LogP contribution in [-0.4, -0.2) is 43.2 Å². The Balaban J connectivity index is 1.25. The van der Waals surface area contributed by atoms with Crippen LogP contribution in [0, 0.1) is 17.8 Å². The van der Waals surface area contributed by atoms with Gasteiger partial charge in [0.15, 0.2) is 0 Å². The van der Waals surface area contributed by atoms with Gasteiger partial charge in [0.25, 0.3) is 0 Å². The molecular formula is C18H26N2O2S. The molecule has 0 aromatic carbocycles. The number of likely N-dealkylation sites (tertiary alicyclic amines) is 1. The molecular weight excluding hydrogens is 308 g/mol. The molecule has 1 amide bonds. The lowest BCUT2D eigenvalue weighted by Crippen LogP contribution is -2.41. The summed E-state index contributed by atoms with van der Waals surface area (Å²) in [6.45, 7) is 4.99. The summed E-state index contributed by atoms with van der Waals surface area (Å²) in [6.07, 6.45) is 4.42. The number of piperidine rings is 1. The summed E-state index contributed by atoms with van der Waals surface area (Å²) in [4.78, 5) is 14.6. The highest BCUT2D eigenvalue weighted by molar-refractivity contribution is 7.07. The molecule has 2 saturated heterocycles. The third-order valence-electron chi connectivity index (χ3n) is 5.54. The van der Waals surface area contributed by atoms with Gasteiger partial charge in [-0.2, -0.15) is 11.3 Å². The number of carbonyl (C=O) groups excluding carboxylic acids is 1. The zero-order chi connectivity index (χ0) is 15.6. The van der Waals surface area contributed by atoms with E-state index in [0.29, 0.717) is 18.3 Å². The fourth-order valence-corrected chi connectivity index (χ4v) is 4.65. The van der Waals surface area contributed by atoms with E-state index in [-0.39, 0.29) is 12.0 Å². The number of rotatable bonds is 6. The first-order valence-electron chi connectivity index (χ1n) is 8.89. The minimum absolute atomic E-state index is 0.141. The molecule has 3 aliphatic rings. The van der Waals surface area contributed by atoms with E-state index < -0.39 is 0 Å². The predicted molar refractivity (Wildman–Crippen MR) is 91.3 cm³/mol. The molecule has 0 bridgehead atoms. The van der Waals surface area contributed by atoms with Gasteiger partial charge >= 0.3 is 0 Å². The molecule has 1 aromatic heterocycles. The number of amides is 1. The van der Waals surface area contributed by atoms with Gasteiger partial charge in [-0.25, -0.2) is 0 Å². The number of thiophene rings is 1. The van der Waals surface area contributed by atoms with Gasteiger partial charge in [0.05, 0.1) is 19.1 Å². The maximum atomic E-state index is 12.1. The minimum Gasteiger partial charge on any atom is -0.377 e. The van der Waals surface area contributed by atoms with Crippen molar-refractivity contribution in [2.75, 3.05) is 26.2 Å². The molecule has 2 aliphatic heterocycles. The Morgan fingerprint density at radius 2 is 2.30 bits per heavy atom. The molecule has 1 aromatic rings. The molecule has 126 valence electrons. The summed E-state index contributed by atoms with van der Waals surface area (Å²) in [5.74, 6) is 2.10. The SMILES string of the molecule is O=C(C[C@@H]1OC[C@H]2CN(Cc3ccsc3)CC[C@H]21)NCC1CC1. The van der Waals surface area contributed by atoms with Crippen molar-refractivity contribution in [1.29, 1.82) is 0 Å². The van der Waals surface area contributed by atoms with E-state index in [1.165, 1.54) is 18.4 Å². The van der Waals surface area contributed by atoms with Crippen LogP contribution < -0.4 is 5.32 Å². The van der Waals surface area contributed by atoms with Crippen LogP contribution in [0.2, 0.25) is 0 Å². The second kappa shape index (κ2) is 6.91. The number of hydrogen-bond donors (Lipinski definition) is 1. The van der Waals surface area contributed by atoms with E-state index in [4.69, 9.17) is 4.74 Å². The first kappa shape index (κ1) is 15.6. The van der Waals surface area contributed by atoms with Crippen LogP contribution in [0.4, 0.5) is 0 Å². The Bertz CT molecular complexity index is 529. The molecule has 4 rings (SSSR count). The normalized spacial score (nSPS) is 31.0. The van der Waals surface area contributed by atoms with Crippen LogP contribution in [-0.2, 0) is 16.1 Å². The molecule has 3 heterocycles. The fourth-order valence-electron chi connectivity index (χ4n) is 3.99. The van der Waals surface area contributed by atoms with E-state index in [9.17, 15) is 4.79 Å². The number of hydrogen-bond acceptors (Lipinski definition) is 4. The maximum absolute atomic E-state index is 12.1. The average molecular weight is 334 g/mol. The van der Waals surface area contributed by atoms with Crippen LogP contribution in [0.5, 0.6) is 0 Å². The molecule has 0 spiro atoms. The largest absolute Gasteiger partial charge is 0.377 e. The summed E-state index contributed by atoms with van der Waals surface area (Å²) < 4.78 is 5.99. The maximum Gasteiger partial charge on any atom is 0.222 e. The Labute approximate surface area is 142 Å². The Kier molecular flexibility index (Phi) is 4.69. The van der Waals surface area contributed by atoms with Gasteiger partial charge in [0.1, 0.15) is 0 Å². The Hall–Kier alpha value is -0.910. The predicted octanol–water partition coefficient (Wildman–Crippen LogP) is 2.50. The van der Waals surface area contributed by atoms with Crippen LogP contribution in [0.15, 0.2) is 16.8 Å². The van der Waals surface area contributed by atoms with Gasteiger partial charge < -0.3 is 10.1 Å². The van der Waals surface area contributed by atoms with E-state index in [1.54, 1.807) is 11.3 Å². The number of nitrogens with one attached hydrogen (secondary N) is 1. The molecule has 3 atom stereocenters. The summed E-state index contributed by atoms with van der Waals surface area (Å²) >= 11 is 1.77. The van der Waals surface area contributed by atoms with E-state index >= 15 is 0 Å². The highest BCUT2D eigenvalue weighted by Crippen LogP contribution is 2.36. The Morgan fingerprint density at radius 1 is 1.39 bits per heavy atom. The van der Waals surface area contributed by atoms with E-state index in [1.807, 2.05) is 0 Å². The average Bonchev–Trinajstić information content (AvgIpc) is 3.10. The molecule has 5 heteroatoms. The van der Waals surface area contributed by atoms with Crippen molar-refractivity contribution >= 4 is 17.2 Å². The van der Waals surface area contributed by atoms with E-state index in [0.717, 1.165) is 45.1 Å². The highest BCUT2D eigenvalue weighted by atomic mass is 32.1. The zero-order valence-corrected chi connectivity index (χ0v) is 14.4. The number of ether oxygens (including phenoxy) is 1. The lowest BCUT2D eigenvalue weighted by atomic mass is 9.83. The monoisotopic (exact) mass is 334 g/mol. The molecule has 1 saturated carbocycles. The highest BCUT2D eigenvalue weighted by Gasteiger charge is 2.41. The van der Waals surface area contributed by atoms with Gasteiger partial charge in [0.2, 0.25) is 5.91 Å². The lowest BCUT2D eigenvalue weighted by molar-refractivity contribution is -0.123. The van der Waals surface area contributed by atoms with Gasteiger partial charge in [0, 0.05) is 25.6 Å². The van der Waals surface area contributed by atoms with Crippen molar-refractivity contribution in [3.8, 4) is 0 Å². The van der Waals surface area contributed by atoms with Crippen LogP contribution in [0.25, 0.3) is 0 Å². The van der Waals surface area contributed by atoms with Crippen molar-refractivity contribution in [1.82, 2.24) is 10.2 Å². The standard InChI is InChI=1S/C18H26N2O2S/c21-18(19-8-13-1-2-13)7-17-16-3-5-20(10-15(16)11-22-17)9-14-4-6-23-12-14/h4,6,12-13,15-17H,1-3,5,7-11H2,(H,19,21)/t15-,16-,17+/m1/s1. The van der Waals surface area contributed by atoms with Crippen molar-refractivity contribution in [2.24, 2.45) is 17.8 Å². The first-order valence-corrected chi connectivity index (χ1v) is 9.84. The van der Waals surface area contributed by atoms with Crippen molar-refractivity contribution in [3.63, 3.8) is 0 Å². The summed E-state index contributed by atoms with van der Waals surface area (Å²) in [6, 6.07) is 2.22. The smallest absolute Gasteiger partial charge is 0.222 e. The van der Waals surface area contributed by atoms with Crippen molar-refractivity contribution < 1.29 is 9.53 Å². The molecule has 1 aliphatic carbocycles. The topological polar surface area (TPSA) is 41.6 Å². The number of fused-ring (bicyclic) bond motifs is 1. The van der Waals surface area contributed by atoms with Crippen molar-refractivity contribution in [3.05, 3.63) is 22.4 Å². The third-order valence-corrected chi connectivity index (χ3v) is 6.27. The second-order valence-corrected chi connectivity index (χ2v) is 8.18. The fraction of sp³-hybridized carbons (Fsp3) is 0.722. The third kappa shape index (κ3) is 3.95. The number of nitrogens with zero attached hydrogens (tertiary/aromatic N) is 1. The summed E-state index contributed by atoms with van der Waals surface area (Å²) in [5.41, 5.74) is 1.42. The quantitative estimate of drug-likeness (QED) is 0.869. The molecule has 0 radical (unpaired) electrons. The van der Waals surface area contributed by atoms with E-state index in [2.05, 4.69) is 27.0 Å². The van der Waals surface area contributed by atoms with Gasteiger partial charge in [-0.15, -0.1) is 0 Å². The Morgan fingerprint density at radius 3 is 3.09 bits per heavy atom. The molecule has 1 N–H and O–H groups in total. The van der Waals surface area contributed by atoms with Crippen LogP contribution in [0.3, 0.4) is 0 Å². The van der Waals surface area contributed by atoms with Crippen molar-refractivity contribution in [2.45, 2.75) is 38.3 Å². The van der Waals surface area contributed by atoms with Crippen LogP contribution in [0.1, 0.15) is 31.2 Å². The molecule has 23 heavy (non-hydrogen) atoms. The first-order chi connectivity index (χ1) is 11.3. The lowest BCUT2D eigenvalue weighted by Gasteiger charge is -2.35. The van der Waals surface area contributed by atoms with Gasteiger partial charge in [-0.05, 0) is 60.0 Å². The summed E-state index contributed by atoms with van der Waals surface area (Å²) in [5, 5.41) is 7.47. The van der Waals surface area contributed by atoms with Gasteiger partial charge in [-0.1, -0.05) is 0 Å². The second-order valence-electron chi connectivity index (χ2n) is 7.40. The number of carbonyl (C=O) groups is 1. The minimum atomic E-state index is 0.141. The zero-order valence-electron chi connectivity index (χ0n) is 13.6. The van der Waals surface area contributed by atoms with Crippen LogP contribution >= 0.6 is 11.3 Å². The summed E-state index contributed by atoms with van der Waals surface area (Å²) in [7, 11) is 0. The molecule has 4 nitrogen and oxygen atoms in total. The van der Waals surface area contributed by atoms with Gasteiger partial charge in [-0.3, -0.25) is 9.69 Å². The molecule has 0 unspecified atom stereocenters. The molecule has 3 fully saturated rings.